The van der Waals surface area contributed by atoms with Gasteiger partial charge in [0, 0.05) is 30.1 Å². The number of aromatic nitrogens is 1. The van der Waals surface area contributed by atoms with Crippen LogP contribution in [0, 0.1) is 0 Å². The second-order valence-electron chi connectivity index (χ2n) is 5.33. The standard InChI is InChI=1S/C15H25N3S/c1-4-8-16-9-14-6-5-7-15(17-14)18-10-12(2)19-13(3)11-18/h5-7,12-13,16H,4,8-11H2,1-3H3. The average molecular weight is 279 g/mol. The van der Waals surface area contributed by atoms with E-state index in [0.717, 1.165) is 44.1 Å². The number of rotatable bonds is 5. The van der Waals surface area contributed by atoms with E-state index in [1.165, 1.54) is 0 Å². The lowest BCUT2D eigenvalue weighted by molar-refractivity contribution is 0.659. The van der Waals surface area contributed by atoms with E-state index in [9.17, 15) is 0 Å². The first-order valence-corrected chi connectivity index (χ1v) is 8.20. The van der Waals surface area contributed by atoms with Gasteiger partial charge >= 0.3 is 0 Å². The first kappa shape index (κ1) is 14.7. The van der Waals surface area contributed by atoms with Crippen molar-refractivity contribution < 1.29 is 0 Å². The molecule has 1 saturated heterocycles. The molecule has 1 N–H and O–H groups in total. The highest BCUT2D eigenvalue weighted by atomic mass is 32.2. The van der Waals surface area contributed by atoms with E-state index in [1.54, 1.807) is 0 Å². The molecule has 19 heavy (non-hydrogen) atoms. The van der Waals surface area contributed by atoms with Gasteiger partial charge in [-0.25, -0.2) is 4.98 Å². The summed E-state index contributed by atoms with van der Waals surface area (Å²) in [5, 5.41) is 4.79. The third-order valence-corrected chi connectivity index (χ3v) is 4.50. The fourth-order valence-corrected chi connectivity index (χ4v) is 3.82. The van der Waals surface area contributed by atoms with Gasteiger partial charge in [0.25, 0.3) is 0 Å². The molecule has 1 aliphatic heterocycles. The maximum Gasteiger partial charge on any atom is 0.128 e. The lowest BCUT2D eigenvalue weighted by Gasteiger charge is -2.35. The molecule has 2 rings (SSSR count). The van der Waals surface area contributed by atoms with Gasteiger partial charge in [0.1, 0.15) is 5.82 Å². The largest absolute Gasteiger partial charge is 0.354 e. The minimum absolute atomic E-state index is 0.687. The highest BCUT2D eigenvalue weighted by Crippen LogP contribution is 2.27. The van der Waals surface area contributed by atoms with Crippen molar-refractivity contribution in [2.75, 3.05) is 24.5 Å². The van der Waals surface area contributed by atoms with Crippen LogP contribution in [0.4, 0.5) is 5.82 Å². The highest BCUT2D eigenvalue weighted by Gasteiger charge is 2.23. The number of hydrogen-bond donors (Lipinski definition) is 1. The van der Waals surface area contributed by atoms with E-state index in [4.69, 9.17) is 4.98 Å². The van der Waals surface area contributed by atoms with Crippen LogP contribution in [0.3, 0.4) is 0 Å². The fourth-order valence-electron chi connectivity index (χ4n) is 2.50. The molecule has 0 amide bonds. The van der Waals surface area contributed by atoms with E-state index >= 15 is 0 Å². The molecule has 2 unspecified atom stereocenters. The van der Waals surface area contributed by atoms with Crippen molar-refractivity contribution in [1.29, 1.82) is 0 Å². The van der Waals surface area contributed by atoms with E-state index in [1.807, 2.05) is 0 Å². The zero-order chi connectivity index (χ0) is 13.7. The molecule has 1 aromatic rings. The molecule has 0 aliphatic carbocycles. The summed E-state index contributed by atoms with van der Waals surface area (Å²) < 4.78 is 0. The smallest absolute Gasteiger partial charge is 0.128 e. The summed E-state index contributed by atoms with van der Waals surface area (Å²) >= 11 is 2.08. The minimum Gasteiger partial charge on any atom is -0.354 e. The summed E-state index contributed by atoms with van der Waals surface area (Å²) in [7, 11) is 0. The van der Waals surface area contributed by atoms with Crippen LogP contribution < -0.4 is 10.2 Å². The molecule has 1 aliphatic rings. The van der Waals surface area contributed by atoms with Crippen LogP contribution >= 0.6 is 11.8 Å². The van der Waals surface area contributed by atoms with Crippen molar-refractivity contribution in [3.8, 4) is 0 Å². The molecule has 3 nitrogen and oxygen atoms in total. The molecule has 0 bridgehead atoms. The van der Waals surface area contributed by atoms with Crippen LogP contribution in [-0.4, -0.2) is 35.1 Å². The van der Waals surface area contributed by atoms with Crippen molar-refractivity contribution in [3.05, 3.63) is 23.9 Å². The van der Waals surface area contributed by atoms with Crippen molar-refractivity contribution >= 4 is 17.6 Å². The molecule has 1 fully saturated rings. The maximum absolute atomic E-state index is 4.79. The first-order chi connectivity index (χ1) is 9.19. The molecule has 4 heteroatoms. The number of thioether (sulfide) groups is 1. The van der Waals surface area contributed by atoms with E-state index in [-0.39, 0.29) is 0 Å². The summed E-state index contributed by atoms with van der Waals surface area (Å²) in [6, 6.07) is 6.37. The van der Waals surface area contributed by atoms with E-state index < -0.39 is 0 Å². The Kier molecular flexibility index (Phi) is 5.52. The van der Waals surface area contributed by atoms with Crippen LogP contribution in [0.25, 0.3) is 0 Å². The Hall–Kier alpha value is -0.740. The second-order valence-corrected chi connectivity index (χ2v) is 7.21. The Morgan fingerprint density at radius 2 is 2.05 bits per heavy atom. The monoisotopic (exact) mass is 279 g/mol. The van der Waals surface area contributed by atoms with Crippen LogP contribution in [0.1, 0.15) is 32.9 Å². The highest BCUT2D eigenvalue weighted by molar-refractivity contribution is 8.00. The van der Waals surface area contributed by atoms with Crippen molar-refractivity contribution in [3.63, 3.8) is 0 Å². The minimum atomic E-state index is 0.687. The average Bonchev–Trinajstić information content (AvgIpc) is 2.38. The molecule has 1 aromatic heterocycles. The molecule has 0 saturated carbocycles. The molecular formula is C15H25N3S. The Bertz CT molecular complexity index is 387. The summed E-state index contributed by atoms with van der Waals surface area (Å²) in [5.74, 6) is 1.13. The lowest BCUT2D eigenvalue weighted by atomic mass is 10.3. The molecule has 0 aromatic carbocycles. The molecule has 0 spiro atoms. The van der Waals surface area contributed by atoms with Gasteiger partial charge in [-0.2, -0.15) is 11.8 Å². The number of anilines is 1. The molecular weight excluding hydrogens is 254 g/mol. The van der Waals surface area contributed by atoms with Gasteiger partial charge in [-0.05, 0) is 25.1 Å². The third-order valence-electron chi connectivity index (χ3n) is 3.27. The predicted molar refractivity (Wildman–Crippen MR) is 85.0 cm³/mol. The molecule has 2 atom stereocenters. The fraction of sp³-hybridized carbons (Fsp3) is 0.667. The Labute approximate surface area is 121 Å². The zero-order valence-electron chi connectivity index (χ0n) is 12.2. The summed E-state index contributed by atoms with van der Waals surface area (Å²) in [5.41, 5.74) is 1.14. The summed E-state index contributed by atoms with van der Waals surface area (Å²) in [4.78, 5) is 7.22. The number of nitrogens with one attached hydrogen (secondary N) is 1. The predicted octanol–water partition coefficient (Wildman–Crippen LogP) is 2.91. The lowest BCUT2D eigenvalue weighted by Crippen LogP contribution is -2.41. The van der Waals surface area contributed by atoms with Crippen LogP contribution in [0.2, 0.25) is 0 Å². The molecule has 0 radical (unpaired) electrons. The van der Waals surface area contributed by atoms with Crippen LogP contribution in [0.5, 0.6) is 0 Å². The maximum atomic E-state index is 4.79. The normalized spacial score (nSPS) is 23.6. The SMILES string of the molecule is CCCNCc1cccc(N2CC(C)SC(C)C2)n1. The van der Waals surface area contributed by atoms with Gasteiger partial charge in [-0.1, -0.05) is 26.8 Å². The third kappa shape index (κ3) is 4.39. The van der Waals surface area contributed by atoms with Gasteiger partial charge in [-0.15, -0.1) is 0 Å². The Morgan fingerprint density at radius 1 is 1.32 bits per heavy atom. The summed E-state index contributed by atoms with van der Waals surface area (Å²) in [6.45, 7) is 10.9. The number of nitrogens with zero attached hydrogens (tertiary/aromatic N) is 2. The van der Waals surface area contributed by atoms with Crippen LogP contribution in [0.15, 0.2) is 18.2 Å². The van der Waals surface area contributed by atoms with Gasteiger partial charge < -0.3 is 10.2 Å². The Morgan fingerprint density at radius 3 is 2.74 bits per heavy atom. The topological polar surface area (TPSA) is 28.2 Å². The second kappa shape index (κ2) is 7.15. The van der Waals surface area contributed by atoms with Crippen molar-refractivity contribution in [2.24, 2.45) is 0 Å². The van der Waals surface area contributed by atoms with Gasteiger partial charge in [-0.3, -0.25) is 0 Å². The zero-order valence-corrected chi connectivity index (χ0v) is 13.0. The van der Waals surface area contributed by atoms with Gasteiger partial charge in [0.05, 0.1) is 5.69 Å². The quantitative estimate of drug-likeness (QED) is 0.839. The number of hydrogen-bond acceptors (Lipinski definition) is 4. The molecule has 106 valence electrons. The van der Waals surface area contributed by atoms with Crippen molar-refractivity contribution in [2.45, 2.75) is 44.2 Å². The number of pyridine rings is 1. The van der Waals surface area contributed by atoms with Gasteiger partial charge in [0.15, 0.2) is 0 Å². The van der Waals surface area contributed by atoms with Crippen molar-refractivity contribution in [1.82, 2.24) is 10.3 Å². The first-order valence-electron chi connectivity index (χ1n) is 7.26. The molecule has 2 heterocycles. The van der Waals surface area contributed by atoms with Crippen LogP contribution in [-0.2, 0) is 6.54 Å². The Balaban J connectivity index is 2.01. The van der Waals surface area contributed by atoms with E-state index in [0.29, 0.717) is 10.5 Å². The van der Waals surface area contributed by atoms with E-state index in [2.05, 4.69) is 60.9 Å². The summed E-state index contributed by atoms with van der Waals surface area (Å²) in [6.07, 6.45) is 1.16. The van der Waals surface area contributed by atoms with Gasteiger partial charge in [0.2, 0.25) is 0 Å².